The Kier molecular flexibility index (Phi) is 4.87. The number of benzene rings is 1. The summed E-state index contributed by atoms with van der Waals surface area (Å²) < 4.78 is 0. The Labute approximate surface area is 122 Å². The summed E-state index contributed by atoms with van der Waals surface area (Å²) in [5, 5.41) is 0.968. The van der Waals surface area contributed by atoms with Crippen molar-refractivity contribution in [3.05, 3.63) is 51.5 Å². The highest BCUT2D eigenvalue weighted by Gasteiger charge is 2.16. The second-order valence-electron chi connectivity index (χ2n) is 4.83. The van der Waals surface area contributed by atoms with Gasteiger partial charge in [0.1, 0.15) is 4.88 Å². The van der Waals surface area contributed by atoms with Crippen molar-refractivity contribution in [2.45, 2.75) is 33.3 Å². The van der Waals surface area contributed by atoms with Gasteiger partial charge in [0.15, 0.2) is 0 Å². The summed E-state index contributed by atoms with van der Waals surface area (Å²) in [4.78, 5) is 22.3. The molecule has 0 aliphatic heterocycles. The molecule has 0 saturated heterocycles. The molecule has 0 aliphatic carbocycles. The molecule has 0 unspecified atom stereocenters. The molecule has 0 radical (unpaired) electrons. The van der Waals surface area contributed by atoms with Gasteiger partial charge in [-0.05, 0) is 12.5 Å². The van der Waals surface area contributed by atoms with Gasteiger partial charge in [-0.25, -0.2) is 10.5 Å². The van der Waals surface area contributed by atoms with Crippen LogP contribution in [0.15, 0.2) is 30.3 Å². The average Bonchev–Trinajstić information content (AvgIpc) is 2.82. The molecule has 1 aromatic carbocycles. The van der Waals surface area contributed by atoms with Gasteiger partial charge in [-0.3, -0.25) is 9.63 Å². The summed E-state index contributed by atoms with van der Waals surface area (Å²) in [6.07, 6.45) is 0. The fraction of sp³-hybridized carbons (Fsp3) is 0.333. The highest BCUT2D eigenvalue weighted by atomic mass is 32.1. The van der Waals surface area contributed by atoms with E-state index in [9.17, 15) is 4.79 Å². The predicted octanol–water partition coefficient (Wildman–Crippen LogP) is 3.44. The second kappa shape index (κ2) is 6.63. The molecule has 4 nitrogen and oxygen atoms in total. The van der Waals surface area contributed by atoms with Crippen LogP contribution in [-0.2, 0) is 11.4 Å². The largest absolute Gasteiger partial charge is 0.286 e. The molecule has 1 aromatic heterocycles. The number of hydroxylamine groups is 1. The van der Waals surface area contributed by atoms with Crippen molar-refractivity contribution in [1.29, 1.82) is 0 Å². The van der Waals surface area contributed by atoms with Crippen LogP contribution in [0.3, 0.4) is 0 Å². The maximum atomic E-state index is 12.0. The summed E-state index contributed by atoms with van der Waals surface area (Å²) in [7, 11) is 0. The number of hydrogen-bond donors (Lipinski definition) is 1. The van der Waals surface area contributed by atoms with E-state index >= 15 is 0 Å². The molecule has 0 saturated carbocycles. The molecule has 0 spiro atoms. The topological polar surface area (TPSA) is 51.2 Å². The molecular formula is C15H18N2O2S. The molecule has 20 heavy (non-hydrogen) atoms. The van der Waals surface area contributed by atoms with Gasteiger partial charge in [-0.15, -0.1) is 11.3 Å². The van der Waals surface area contributed by atoms with Gasteiger partial charge < -0.3 is 0 Å². The fourth-order valence-corrected chi connectivity index (χ4v) is 2.64. The van der Waals surface area contributed by atoms with Crippen LogP contribution in [0.25, 0.3) is 0 Å². The third-order valence-corrected chi connectivity index (χ3v) is 4.22. The van der Waals surface area contributed by atoms with E-state index in [1.807, 2.05) is 37.3 Å². The first kappa shape index (κ1) is 14.7. The van der Waals surface area contributed by atoms with Gasteiger partial charge in [0.2, 0.25) is 0 Å². The lowest BCUT2D eigenvalue weighted by Gasteiger charge is -2.04. The number of nitrogens with zero attached hydrogens (tertiary/aromatic N) is 1. The van der Waals surface area contributed by atoms with Crippen LogP contribution in [0.1, 0.15) is 45.7 Å². The minimum absolute atomic E-state index is 0.233. The number of thiazole rings is 1. The number of carbonyl (C=O) groups excluding carboxylic acids is 1. The van der Waals surface area contributed by atoms with Gasteiger partial charge in [0, 0.05) is 5.92 Å². The summed E-state index contributed by atoms with van der Waals surface area (Å²) in [5.74, 6) is 0.0910. The monoisotopic (exact) mass is 290 g/mol. The Bertz CT molecular complexity index is 579. The van der Waals surface area contributed by atoms with Crippen LogP contribution >= 0.6 is 11.3 Å². The van der Waals surface area contributed by atoms with E-state index < -0.39 is 0 Å². The zero-order chi connectivity index (χ0) is 14.5. The Balaban J connectivity index is 1.92. The molecule has 5 heteroatoms. The molecule has 0 bridgehead atoms. The molecule has 2 aromatic rings. The third kappa shape index (κ3) is 3.65. The molecule has 0 aliphatic rings. The summed E-state index contributed by atoms with van der Waals surface area (Å²) in [6.45, 7) is 6.31. The lowest BCUT2D eigenvalue weighted by atomic mass is 10.2. The van der Waals surface area contributed by atoms with Crippen LogP contribution in [-0.4, -0.2) is 10.9 Å². The van der Waals surface area contributed by atoms with E-state index in [4.69, 9.17) is 4.84 Å². The van der Waals surface area contributed by atoms with Crippen molar-refractivity contribution < 1.29 is 9.63 Å². The molecule has 106 valence electrons. The quantitative estimate of drug-likeness (QED) is 0.858. The van der Waals surface area contributed by atoms with Gasteiger partial charge in [-0.1, -0.05) is 44.2 Å². The van der Waals surface area contributed by atoms with Gasteiger partial charge in [0.05, 0.1) is 17.3 Å². The number of rotatable bonds is 5. The van der Waals surface area contributed by atoms with E-state index in [2.05, 4.69) is 24.3 Å². The first-order valence-corrected chi connectivity index (χ1v) is 7.33. The van der Waals surface area contributed by atoms with Crippen LogP contribution in [0, 0.1) is 6.92 Å². The predicted molar refractivity (Wildman–Crippen MR) is 79.6 cm³/mol. The second-order valence-corrected chi connectivity index (χ2v) is 5.86. The molecule has 0 fully saturated rings. The highest BCUT2D eigenvalue weighted by molar-refractivity contribution is 7.13. The fourth-order valence-electron chi connectivity index (χ4n) is 1.68. The van der Waals surface area contributed by atoms with Crippen molar-refractivity contribution in [2.24, 2.45) is 0 Å². The van der Waals surface area contributed by atoms with Crippen LogP contribution in [0.5, 0.6) is 0 Å². The van der Waals surface area contributed by atoms with E-state index in [0.717, 1.165) is 16.3 Å². The average molecular weight is 290 g/mol. The molecule has 1 heterocycles. The van der Waals surface area contributed by atoms with Crippen LogP contribution in [0.4, 0.5) is 0 Å². The van der Waals surface area contributed by atoms with Crippen molar-refractivity contribution in [3.8, 4) is 0 Å². The highest BCUT2D eigenvalue weighted by Crippen LogP contribution is 2.24. The Morgan fingerprint density at radius 2 is 2.05 bits per heavy atom. The number of aromatic nitrogens is 1. The number of nitrogens with one attached hydrogen (secondary N) is 1. The summed E-state index contributed by atoms with van der Waals surface area (Å²) in [5.41, 5.74) is 4.23. The lowest BCUT2D eigenvalue weighted by molar-refractivity contribution is 0.0236. The number of carbonyl (C=O) groups is 1. The van der Waals surface area contributed by atoms with Crippen LogP contribution < -0.4 is 5.48 Å². The van der Waals surface area contributed by atoms with Crippen molar-refractivity contribution in [2.75, 3.05) is 0 Å². The first-order chi connectivity index (χ1) is 9.58. The molecular weight excluding hydrogens is 272 g/mol. The Morgan fingerprint density at radius 1 is 1.35 bits per heavy atom. The normalized spacial score (nSPS) is 10.8. The molecule has 0 atom stereocenters. The maximum absolute atomic E-state index is 12.0. The number of aryl methyl sites for hydroxylation is 1. The van der Waals surface area contributed by atoms with Gasteiger partial charge in [-0.2, -0.15) is 0 Å². The zero-order valence-corrected chi connectivity index (χ0v) is 12.7. The maximum Gasteiger partial charge on any atom is 0.286 e. The van der Waals surface area contributed by atoms with Crippen LogP contribution in [0.2, 0.25) is 0 Å². The standard InChI is InChI=1S/C15H18N2O2S/c1-10(2)15-16-11(3)13(20-15)14(18)17-19-9-12-7-5-4-6-8-12/h4-8,10H,9H2,1-3H3,(H,17,18). The van der Waals surface area contributed by atoms with E-state index in [1.165, 1.54) is 11.3 Å². The van der Waals surface area contributed by atoms with E-state index in [1.54, 1.807) is 0 Å². The SMILES string of the molecule is Cc1nc(C(C)C)sc1C(=O)NOCc1ccccc1. The lowest BCUT2D eigenvalue weighted by Crippen LogP contribution is -2.23. The minimum Gasteiger partial charge on any atom is -0.269 e. The minimum atomic E-state index is -0.233. The molecule has 2 rings (SSSR count). The van der Waals surface area contributed by atoms with Crippen molar-refractivity contribution >= 4 is 17.2 Å². The third-order valence-electron chi connectivity index (χ3n) is 2.76. The van der Waals surface area contributed by atoms with E-state index in [-0.39, 0.29) is 5.91 Å². The Hall–Kier alpha value is -1.72. The first-order valence-electron chi connectivity index (χ1n) is 6.51. The Morgan fingerprint density at radius 3 is 2.65 bits per heavy atom. The number of hydrogen-bond acceptors (Lipinski definition) is 4. The van der Waals surface area contributed by atoms with Crippen molar-refractivity contribution in [1.82, 2.24) is 10.5 Å². The smallest absolute Gasteiger partial charge is 0.269 e. The number of amides is 1. The van der Waals surface area contributed by atoms with Gasteiger partial charge in [0.25, 0.3) is 5.91 Å². The van der Waals surface area contributed by atoms with Crippen molar-refractivity contribution in [3.63, 3.8) is 0 Å². The molecule has 1 amide bonds. The van der Waals surface area contributed by atoms with Gasteiger partial charge >= 0.3 is 0 Å². The van der Waals surface area contributed by atoms with E-state index in [0.29, 0.717) is 17.4 Å². The summed E-state index contributed by atoms with van der Waals surface area (Å²) in [6, 6.07) is 9.70. The summed E-state index contributed by atoms with van der Waals surface area (Å²) >= 11 is 1.42. The molecule has 1 N–H and O–H groups in total. The zero-order valence-electron chi connectivity index (χ0n) is 11.8.